The molecule has 0 saturated heterocycles. The van der Waals surface area contributed by atoms with Gasteiger partial charge in [0.15, 0.2) is 17.3 Å². The molecule has 0 spiro atoms. The zero-order valence-electron chi connectivity index (χ0n) is 17.4. The molecule has 1 aliphatic carbocycles. The van der Waals surface area contributed by atoms with Gasteiger partial charge in [0.2, 0.25) is 0 Å². The fraction of sp³-hybridized carbons (Fsp3) is 0.130. The van der Waals surface area contributed by atoms with Crippen LogP contribution >= 0.6 is 12.8 Å². The smallest absolute Gasteiger partial charge is 0.167 e. The highest BCUT2D eigenvalue weighted by Crippen LogP contribution is 2.37. The van der Waals surface area contributed by atoms with Crippen molar-refractivity contribution in [3.05, 3.63) is 78.0 Å². The summed E-state index contributed by atoms with van der Waals surface area (Å²) in [5, 5.41) is 4.27. The van der Waals surface area contributed by atoms with Crippen molar-refractivity contribution in [1.82, 2.24) is 34.0 Å². The van der Waals surface area contributed by atoms with E-state index >= 15 is 4.39 Å². The SMILES string of the molecule is Nc1ncccc1-c1nc2ccc(-n3cccn3)nc2n1-c1cc(F)c2c(c1)CCC2NS. The number of nitrogens with two attached hydrogens (primary N) is 1. The third-order valence-electron chi connectivity index (χ3n) is 5.97. The van der Waals surface area contributed by atoms with E-state index in [4.69, 9.17) is 15.7 Å². The standard InChI is InChI=1S/C23H19FN8S/c24-16-12-14(11-13-4-5-17(30-33)20(13)16)32-22(15-3-1-8-26-21(15)25)28-18-6-7-19(29-23(18)32)31-10-2-9-27-31/h1-3,6-12,17,30,33H,4-5H2,(H2,25,26). The Morgan fingerprint density at radius 3 is 2.82 bits per heavy atom. The molecule has 8 nitrogen and oxygen atoms in total. The number of benzene rings is 1. The lowest BCUT2D eigenvalue weighted by Gasteiger charge is -2.15. The first-order chi connectivity index (χ1) is 16.1. The van der Waals surface area contributed by atoms with E-state index in [0.29, 0.717) is 45.4 Å². The predicted molar refractivity (Wildman–Crippen MR) is 127 cm³/mol. The zero-order valence-corrected chi connectivity index (χ0v) is 18.2. The second-order valence-electron chi connectivity index (χ2n) is 7.89. The molecule has 0 fully saturated rings. The van der Waals surface area contributed by atoms with Crippen LogP contribution in [0.2, 0.25) is 0 Å². The third kappa shape index (κ3) is 3.18. The average Bonchev–Trinajstić information content (AvgIpc) is 3.56. The minimum absolute atomic E-state index is 0.116. The van der Waals surface area contributed by atoms with Crippen LogP contribution in [0.5, 0.6) is 0 Å². The molecule has 4 heterocycles. The Kier molecular flexibility index (Phi) is 4.63. The highest BCUT2D eigenvalue weighted by atomic mass is 32.1. The van der Waals surface area contributed by atoms with Gasteiger partial charge in [-0.25, -0.2) is 24.0 Å². The first kappa shape index (κ1) is 19.9. The maximum atomic E-state index is 15.3. The maximum absolute atomic E-state index is 15.3. The second-order valence-corrected chi connectivity index (χ2v) is 8.15. The predicted octanol–water partition coefficient (Wildman–Crippen LogP) is 3.81. The minimum Gasteiger partial charge on any atom is -0.383 e. The summed E-state index contributed by atoms with van der Waals surface area (Å²) in [7, 11) is 0. The summed E-state index contributed by atoms with van der Waals surface area (Å²) in [4.78, 5) is 13.8. The van der Waals surface area contributed by atoms with Gasteiger partial charge in [-0.2, -0.15) is 5.10 Å². The normalized spacial score (nSPS) is 15.3. The number of nitrogen functional groups attached to an aromatic ring is 1. The quantitative estimate of drug-likeness (QED) is 0.354. The third-order valence-corrected chi connectivity index (χ3v) is 6.28. The van der Waals surface area contributed by atoms with Crippen LogP contribution in [0.15, 0.2) is 61.1 Å². The Morgan fingerprint density at radius 1 is 1.12 bits per heavy atom. The summed E-state index contributed by atoms with van der Waals surface area (Å²) in [6, 6.07) is 12.6. The molecule has 1 aromatic carbocycles. The van der Waals surface area contributed by atoms with E-state index in [1.54, 1.807) is 23.1 Å². The molecule has 5 aromatic rings. The topological polar surface area (TPSA) is 99.5 Å². The lowest BCUT2D eigenvalue weighted by Crippen LogP contribution is -2.10. The fourth-order valence-electron chi connectivity index (χ4n) is 4.47. The summed E-state index contributed by atoms with van der Waals surface area (Å²) in [6.07, 6.45) is 6.66. The Labute approximate surface area is 193 Å². The van der Waals surface area contributed by atoms with Crippen molar-refractivity contribution < 1.29 is 4.39 Å². The zero-order chi connectivity index (χ0) is 22.5. The van der Waals surface area contributed by atoms with Crippen LogP contribution in [-0.4, -0.2) is 29.3 Å². The molecule has 33 heavy (non-hydrogen) atoms. The van der Waals surface area contributed by atoms with Crippen molar-refractivity contribution >= 4 is 29.8 Å². The number of rotatable bonds is 4. The van der Waals surface area contributed by atoms with Crippen LogP contribution in [0.25, 0.3) is 34.1 Å². The Hall–Kier alpha value is -3.76. The Balaban J connectivity index is 1.64. The highest BCUT2D eigenvalue weighted by Gasteiger charge is 2.27. The largest absolute Gasteiger partial charge is 0.383 e. The van der Waals surface area contributed by atoms with Gasteiger partial charge in [-0.15, -0.1) is 0 Å². The molecule has 0 bridgehead atoms. The number of pyridine rings is 2. The van der Waals surface area contributed by atoms with Crippen LogP contribution < -0.4 is 10.5 Å². The van der Waals surface area contributed by atoms with Crippen molar-refractivity contribution in [2.75, 3.05) is 5.73 Å². The fourth-order valence-corrected chi connectivity index (χ4v) is 4.73. The number of thiol groups is 1. The Morgan fingerprint density at radius 2 is 2.03 bits per heavy atom. The van der Waals surface area contributed by atoms with E-state index in [0.717, 1.165) is 18.4 Å². The molecule has 164 valence electrons. The molecule has 3 N–H and O–H groups in total. The number of nitrogens with zero attached hydrogens (tertiary/aromatic N) is 6. The monoisotopic (exact) mass is 458 g/mol. The van der Waals surface area contributed by atoms with Gasteiger partial charge in [0.05, 0.1) is 11.3 Å². The molecule has 1 unspecified atom stereocenters. The molecule has 1 atom stereocenters. The number of imidazole rings is 1. The number of hydrogen-bond donors (Lipinski definition) is 3. The van der Waals surface area contributed by atoms with Crippen LogP contribution in [0.4, 0.5) is 10.2 Å². The van der Waals surface area contributed by atoms with E-state index in [1.807, 2.05) is 41.1 Å². The van der Waals surface area contributed by atoms with Gasteiger partial charge in [0, 0.05) is 30.2 Å². The summed E-state index contributed by atoms with van der Waals surface area (Å²) in [6.45, 7) is 0. The molecule has 1 aliphatic rings. The van der Waals surface area contributed by atoms with Crippen LogP contribution in [-0.2, 0) is 6.42 Å². The molecule has 4 aromatic heterocycles. The van der Waals surface area contributed by atoms with Crippen molar-refractivity contribution in [2.24, 2.45) is 0 Å². The molecule has 0 saturated carbocycles. The Bertz CT molecular complexity index is 1490. The second kappa shape index (κ2) is 7.68. The number of fused-ring (bicyclic) bond motifs is 2. The number of aryl methyl sites for hydroxylation is 1. The first-order valence-corrected chi connectivity index (χ1v) is 10.9. The summed E-state index contributed by atoms with van der Waals surface area (Å²) < 4.78 is 21.7. The molecule has 10 heteroatoms. The number of halogens is 1. The maximum Gasteiger partial charge on any atom is 0.167 e. The number of anilines is 1. The lowest BCUT2D eigenvalue weighted by atomic mass is 10.1. The van der Waals surface area contributed by atoms with Crippen molar-refractivity contribution in [3.63, 3.8) is 0 Å². The van der Waals surface area contributed by atoms with E-state index in [9.17, 15) is 0 Å². The van der Waals surface area contributed by atoms with E-state index in [2.05, 4.69) is 27.6 Å². The van der Waals surface area contributed by atoms with E-state index < -0.39 is 0 Å². The van der Waals surface area contributed by atoms with Crippen LogP contribution in [0.1, 0.15) is 23.6 Å². The molecular formula is C23H19FN8S. The summed E-state index contributed by atoms with van der Waals surface area (Å²) in [5.74, 6) is 1.21. The lowest BCUT2D eigenvalue weighted by molar-refractivity contribution is 0.577. The molecule has 0 amide bonds. The van der Waals surface area contributed by atoms with E-state index in [-0.39, 0.29) is 11.9 Å². The first-order valence-electron chi connectivity index (χ1n) is 10.5. The number of hydrogen-bond acceptors (Lipinski definition) is 7. The van der Waals surface area contributed by atoms with Gasteiger partial charge in [0.1, 0.15) is 17.2 Å². The van der Waals surface area contributed by atoms with Crippen LogP contribution in [0.3, 0.4) is 0 Å². The van der Waals surface area contributed by atoms with Crippen molar-refractivity contribution in [3.8, 4) is 22.9 Å². The highest BCUT2D eigenvalue weighted by molar-refractivity contribution is 7.78. The van der Waals surface area contributed by atoms with Gasteiger partial charge in [-0.05, 0) is 60.9 Å². The van der Waals surface area contributed by atoms with Gasteiger partial charge in [-0.3, -0.25) is 9.29 Å². The molecule has 6 rings (SSSR count). The van der Waals surface area contributed by atoms with E-state index in [1.165, 1.54) is 6.07 Å². The van der Waals surface area contributed by atoms with Crippen LogP contribution in [0, 0.1) is 5.82 Å². The van der Waals surface area contributed by atoms with Gasteiger partial charge in [0.25, 0.3) is 0 Å². The van der Waals surface area contributed by atoms with Gasteiger partial charge >= 0.3 is 0 Å². The van der Waals surface area contributed by atoms with Crippen molar-refractivity contribution in [1.29, 1.82) is 0 Å². The average molecular weight is 459 g/mol. The van der Waals surface area contributed by atoms with Gasteiger partial charge in [-0.1, -0.05) is 12.8 Å². The minimum atomic E-state index is -0.290. The summed E-state index contributed by atoms with van der Waals surface area (Å²) in [5.41, 5.74) is 10.3. The van der Waals surface area contributed by atoms with Gasteiger partial charge < -0.3 is 5.73 Å². The molecule has 0 radical (unpaired) electrons. The van der Waals surface area contributed by atoms with Crippen molar-refractivity contribution in [2.45, 2.75) is 18.9 Å². The molecule has 0 aliphatic heterocycles. The summed E-state index contributed by atoms with van der Waals surface area (Å²) >= 11 is 4.17. The number of nitrogens with one attached hydrogen (secondary N) is 1. The molecular weight excluding hydrogens is 439 g/mol. The number of aromatic nitrogens is 6.